The Morgan fingerprint density at radius 3 is 2.20 bits per heavy atom. The maximum absolute atomic E-state index is 11.3. The summed E-state index contributed by atoms with van der Waals surface area (Å²) >= 11 is 0. The summed E-state index contributed by atoms with van der Waals surface area (Å²) in [5.41, 5.74) is 4.17. The van der Waals surface area contributed by atoms with Gasteiger partial charge in [0, 0.05) is 0 Å². The number of rotatable bonds is 2. The van der Waals surface area contributed by atoms with Crippen LogP contribution in [-0.2, 0) is 4.79 Å². The van der Waals surface area contributed by atoms with Crippen LogP contribution in [0, 0.1) is 32.1 Å². The molecule has 2 nitrogen and oxygen atoms in total. The van der Waals surface area contributed by atoms with Gasteiger partial charge in [0.25, 0.3) is 0 Å². The van der Waals surface area contributed by atoms with Crippen molar-refractivity contribution in [2.45, 2.75) is 33.6 Å². The lowest BCUT2D eigenvalue weighted by Gasteiger charge is -2.12. The summed E-state index contributed by atoms with van der Waals surface area (Å²) in [4.78, 5) is 11.3. The topological polar surface area (TPSA) is 40.9 Å². The number of aryl methyl sites for hydroxylation is 3. The maximum Gasteiger partial charge on any atom is 0.151 e. The summed E-state index contributed by atoms with van der Waals surface area (Å²) in [6.07, 6.45) is 0. The summed E-state index contributed by atoms with van der Waals surface area (Å²) in [5, 5.41) is 8.96. The Hall–Kier alpha value is -1.62. The van der Waals surface area contributed by atoms with Crippen molar-refractivity contribution in [3.05, 3.63) is 34.4 Å². The molecule has 1 unspecified atom stereocenters. The second kappa shape index (κ2) is 4.27. The summed E-state index contributed by atoms with van der Waals surface area (Å²) in [5.74, 6) is -0.715. The van der Waals surface area contributed by atoms with Gasteiger partial charge in [-0.3, -0.25) is 4.79 Å². The molecule has 1 rings (SSSR count). The molecule has 0 bridgehead atoms. The first-order valence-corrected chi connectivity index (χ1v) is 4.95. The minimum Gasteiger partial charge on any atom is -0.298 e. The number of hydrogen-bond acceptors (Lipinski definition) is 2. The fourth-order valence-corrected chi connectivity index (χ4v) is 1.67. The highest BCUT2D eigenvalue weighted by molar-refractivity contribution is 5.86. The van der Waals surface area contributed by atoms with Crippen LogP contribution in [0.3, 0.4) is 0 Å². The van der Waals surface area contributed by atoms with E-state index in [0.29, 0.717) is 0 Å². The van der Waals surface area contributed by atoms with Crippen LogP contribution < -0.4 is 0 Å². The third-order valence-electron chi connectivity index (χ3n) is 2.73. The highest BCUT2D eigenvalue weighted by Gasteiger charge is 2.18. The largest absolute Gasteiger partial charge is 0.298 e. The Kier molecular flexibility index (Phi) is 3.26. The first kappa shape index (κ1) is 11.5. The van der Waals surface area contributed by atoms with Gasteiger partial charge in [-0.15, -0.1) is 0 Å². The second-order valence-electron chi connectivity index (χ2n) is 3.97. The maximum atomic E-state index is 11.3. The molecule has 0 amide bonds. The van der Waals surface area contributed by atoms with Crippen LogP contribution >= 0.6 is 0 Å². The van der Waals surface area contributed by atoms with E-state index in [0.717, 1.165) is 16.7 Å². The van der Waals surface area contributed by atoms with E-state index in [1.165, 1.54) is 12.5 Å². The van der Waals surface area contributed by atoms with Crippen molar-refractivity contribution in [2.24, 2.45) is 0 Å². The van der Waals surface area contributed by atoms with Crippen LogP contribution in [0.25, 0.3) is 0 Å². The standard InChI is InChI=1S/C13H15NO/c1-8-5-10(3)12(6-9(8)2)13(7-14)11(4)15/h5-6,13H,1-4H3. The molecule has 1 atom stereocenters. The molecule has 0 aliphatic heterocycles. The Balaban J connectivity index is 3.32. The predicted octanol–water partition coefficient (Wildman–Crippen LogP) is 2.81. The molecule has 0 N–H and O–H groups in total. The number of benzene rings is 1. The van der Waals surface area contributed by atoms with E-state index in [1.54, 1.807) is 0 Å². The van der Waals surface area contributed by atoms with Gasteiger partial charge in [-0.2, -0.15) is 5.26 Å². The summed E-state index contributed by atoms with van der Waals surface area (Å²) in [6, 6.07) is 6.03. The van der Waals surface area contributed by atoms with Crippen LogP contribution in [0.4, 0.5) is 0 Å². The van der Waals surface area contributed by atoms with Crippen LogP contribution in [0.1, 0.15) is 35.1 Å². The monoisotopic (exact) mass is 201 g/mol. The second-order valence-corrected chi connectivity index (χ2v) is 3.97. The number of carbonyl (C=O) groups is 1. The van der Waals surface area contributed by atoms with Crippen molar-refractivity contribution < 1.29 is 4.79 Å². The molecule has 0 aliphatic rings. The molecule has 0 saturated carbocycles. The average Bonchev–Trinajstić information content (AvgIpc) is 2.14. The third-order valence-corrected chi connectivity index (χ3v) is 2.73. The number of carbonyl (C=O) groups excluding carboxylic acids is 1. The Bertz CT molecular complexity index is 441. The number of Topliss-reactive ketones (excluding diaryl/α,β-unsaturated/α-hetero) is 1. The summed E-state index contributed by atoms with van der Waals surface area (Å²) < 4.78 is 0. The minimum absolute atomic E-state index is 0.0937. The Morgan fingerprint density at radius 1 is 1.20 bits per heavy atom. The molecule has 0 spiro atoms. The number of ketones is 1. The highest BCUT2D eigenvalue weighted by Crippen LogP contribution is 2.23. The fraction of sp³-hybridized carbons (Fsp3) is 0.385. The zero-order chi connectivity index (χ0) is 11.6. The number of nitrogens with zero attached hydrogens (tertiary/aromatic N) is 1. The molecule has 0 fully saturated rings. The summed E-state index contributed by atoms with van der Waals surface area (Å²) in [6.45, 7) is 7.42. The van der Waals surface area contributed by atoms with Crippen molar-refractivity contribution in [1.82, 2.24) is 0 Å². The average molecular weight is 201 g/mol. The van der Waals surface area contributed by atoms with Crippen molar-refractivity contribution >= 4 is 5.78 Å². The van der Waals surface area contributed by atoms with Crippen LogP contribution in [-0.4, -0.2) is 5.78 Å². The van der Waals surface area contributed by atoms with E-state index < -0.39 is 5.92 Å². The number of hydrogen-bond donors (Lipinski definition) is 0. The van der Waals surface area contributed by atoms with E-state index in [-0.39, 0.29) is 5.78 Å². The molecular formula is C13H15NO. The molecule has 0 radical (unpaired) electrons. The first-order chi connectivity index (χ1) is 6.97. The molecule has 78 valence electrons. The van der Waals surface area contributed by atoms with Gasteiger partial charge in [0.05, 0.1) is 6.07 Å². The van der Waals surface area contributed by atoms with Gasteiger partial charge >= 0.3 is 0 Å². The van der Waals surface area contributed by atoms with E-state index >= 15 is 0 Å². The molecule has 15 heavy (non-hydrogen) atoms. The SMILES string of the molecule is CC(=O)C(C#N)c1cc(C)c(C)cc1C. The quantitative estimate of drug-likeness (QED) is 0.738. The van der Waals surface area contributed by atoms with Crippen molar-refractivity contribution in [3.63, 3.8) is 0 Å². The zero-order valence-corrected chi connectivity index (χ0v) is 9.59. The zero-order valence-electron chi connectivity index (χ0n) is 9.59. The van der Waals surface area contributed by atoms with Gasteiger partial charge in [0.15, 0.2) is 5.78 Å². The van der Waals surface area contributed by atoms with Crippen LogP contribution in [0.5, 0.6) is 0 Å². The van der Waals surface area contributed by atoms with E-state index in [9.17, 15) is 4.79 Å². The molecular weight excluding hydrogens is 186 g/mol. The van der Waals surface area contributed by atoms with Crippen molar-refractivity contribution in [3.8, 4) is 6.07 Å². The predicted molar refractivity (Wildman–Crippen MR) is 59.7 cm³/mol. The van der Waals surface area contributed by atoms with Crippen LogP contribution in [0.15, 0.2) is 12.1 Å². The Morgan fingerprint density at radius 2 is 1.73 bits per heavy atom. The van der Waals surface area contributed by atoms with Gasteiger partial charge in [0.1, 0.15) is 5.92 Å². The van der Waals surface area contributed by atoms with Gasteiger partial charge in [-0.25, -0.2) is 0 Å². The molecule has 2 heteroatoms. The third kappa shape index (κ3) is 2.24. The molecule has 1 aromatic carbocycles. The lowest BCUT2D eigenvalue weighted by atomic mass is 9.90. The molecule has 0 heterocycles. The molecule has 0 saturated heterocycles. The number of nitriles is 1. The van der Waals surface area contributed by atoms with E-state index in [1.807, 2.05) is 32.9 Å². The highest BCUT2D eigenvalue weighted by atomic mass is 16.1. The lowest BCUT2D eigenvalue weighted by molar-refractivity contribution is -0.117. The molecule has 1 aromatic rings. The minimum atomic E-state index is -0.621. The fourth-order valence-electron chi connectivity index (χ4n) is 1.67. The smallest absolute Gasteiger partial charge is 0.151 e. The van der Waals surface area contributed by atoms with Gasteiger partial charge in [-0.1, -0.05) is 12.1 Å². The van der Waals surface area contributed by atoms with Gasteiger partial charge in [0.2, 0.25) is 0 Å². The van der Waals surface area contributed by atoms with Crippen LogP contribution in [0.2, 0.25) is 0 Å². The Labute approximate surface area is 90.5 Å². The van der Waals surface area contributed by atoms with Crippen molar-refractivity contribution in [2.75, 3.05) is 0 Å². The van der Waals surface area contributed by atoms with Crippen molar-refractivity contribution in [1.29, 1.82) is 5.26 Å². The van der Waals surface area contributed by atoms with E-state index in [2.05, 4.69) is 6.07 Å². The summed E-state index contributed by atoms with van der Waals surface area (Å²) in [7, 11) is 0. The first-order valence-electron chi connectivity index (χ1n) is 4.95. The molecule has 0 aromatic heterocycles. The van der Waals surface area contributed by atoms with E-state index in [4.69, 9.17) is 5.26 Å². The normalized spacial score (nSPS) is 11.9. The lowest BCUT2D eigenvalue weighted by Crippen LogP contribution is -2.08. The van der Waals surface area contributed by atoms with Gasteiger partial charge < -0.3 is 0 Å². The van der Waals surface area contributed by atoms with Gasteiger partial charge in [-0.05, 0) is 49.9 Å². The molecule has 0 aliphatic carbocycles.